The molecule has 0 radical (unpaired) electrons. The number of hydrogen-bond acceptors (Lipinski definition) is 5. The molecule has 2 rings (SSSR count). The molecule has 0 bridgehead atoms. The van der Waals surface area contributed by atoms with Crippen molar-refractivity contribution in [3.8, 4) is 0 Å². The van der Waals surface area contributed by atoms with Gasteiger partial charge in [0.2, 0.25) is 0 Å². The molecule has 1 aromatic heterocycles. The summed E-state index contributed by atoms with van der Waals surface area (Å²) in [6, 6.07) is 0.803. The van der Waals surface area contributed by atoms with Crippen molar-refractivity contribution in [1.82, 2.24) is 14.5 Å². The zero-order chi connectivity index (χ0) is 12.1. The first-order valence-electron chi connectivity index (χ1n) is 6.64. The second kappa shape index (κ2) is 6.31. The predicted octanol–water partition coefficient (Wildman–Crippen LogP) is 2.73. The van der Waals surface area contributed by atoms with Gasteiger partial charge in [-0.05, 0) is 32.7 Å². The van der Waals surface area contributed by atoms with Crippen LogP contribution in [0.3, 0.4) is 0 Å². The van der Waals surface area contributed by atoms with Crippen molar-refractivity contribution in [1.29, 1.82) is 0 Å². The van der Waals surface area contributed by atoms with Gasteiger partial charge in [-0.2, -0.15) is 0 Å². The van der Waals surface area contributed by atoms with Gasteiger partial charge in [0.15, 0.2) is 0 Å². The van der Waals surface area contributed by atoms with Crippen LogP contribution in [0, 0.1) is 0 Å². The molecule has 5 heteroatoms. The van der Waals surface area contributed by atoms with E-state index in [-0.39, 0.29) is 0 Å². The summed E-state index contributed by atoms with van der Waals surface area (Å²) in [5.74, 6) is 0. The lowest BCUT2D eigenvalue weighted by Crippen LogP contribution is -2.27. The molecule has 1 fully saturated rings. The average molecular weight is 254 g/mol. The lowest BCUT2D eigenvalue weighted by Gasteiger charge is -2.20. The molecular weight excluding hydrogens is 232 g/mol. The number of anilines is 1. The first-order chi connectivity index (χ1) is 8.35. The monoisotopic (exact) mass is 254 g/mol. The molecule has 0 aromatic carbocycles. The van der Waals surface area contributed by atoms with Crippen LogP contribution in [0.1, 0.15) is 45.2 Å². The van der Waals surface area contributed by atoms with Gasteiger partial charge in [-0.3, -0.25) is 4.90 Å². The molecule has 1 aromatic rings. The predicted molar refractivity (Wildman–Crippen MR) is 72.4 cm³/mol. The van der Waals surface area contributed by atoms with Crippen LogP contribution in [-0.2, 0) is 6.54 Å². The van der Waals surface area contributed by atoms with Gasteiger partial charge < -0.3 is 5.32 Å². The van der Waals surface area contributed by atoms with E-state index in [2.05, 4.69) is 33.7 Å². The fraction of sp³-hybridized carbons (Fsp3) is 0.833. The number of nitrogens with zero attached hydrogens (tertiary/aromatic N) is 3. The van der Waals surface area contributed by atoms with Crippen LogP contribution >= 0.6 is 11.5 Å². The number of aromatic nitrogens is 2. The van der Waals surface area contributed by atoms with Gasteiger partial charge in [-0.25, -0.2) is 0 Å². The van der Waals surface area contributed by atoms with E-state index in [1.807, 2.05) is 0 Å². The smallest absolute Gasteiger partial charge is 0.134 e. The molecule has 0 unspecified atom stereocenters. The maximum atomic E-state index is 4.26. The van der Waals surface area contributed by atoms with Crippen LogP contribution in [0.2, 0.25) is 0 Å². The largest absolute Gasteiger partial charge is 0.374 e. The summed E-state index contributed by atoms with van der Waals surface area (Å²) in [7, 11) is 0. The molecule has 0 atom stereocenters. The van der Waals surface area contributed by atoms with Gasteiger partial charge in [0.05, 0.1) is 0 Å². The number of rotatable bonds is 8. The molecule has 0 saturated heterocycles. The topological polar surface area (TPSA) is 41.1 Å². The molecule has 96 valence electrons. The third kappa shape index (κ3) is 3.64. The van der Waals surface area contributed by atoms with Gasteiger partial charge in [-0.1, -0.05) is 17.8 Å². The Kier molecular flexibility index (Phi) is 4.74. The van der Waals surface area contributed by atoms with Crippen molar-refractivity contribution >= 4 is 16.5 Å². The minimum Gasteiger partial charge on any atom is -0.374 e. The molecule has 1 saturated carbocycles. The molecule has 0 amide bonds. The summed E-state index contributed by atoms with van der Waals surface area (Å²) < 4.78 is 4.06. The first-order valence-corrected chi connectivity index (χ1v) is 7.41. The fourth-order valence-electron chi connectivity index (χ4n) is 1.99. The van der Waals surface area contributed by atoms with Crippen molar-refractivity contribution in [3.05, 3.63) is 5.69 Å². The second-order valence-corrected chi connectivity index (χ2v) is 5.39. The molecule has 1 aliphatic carbocycles. The zero-order valence-electron chi connectivity index (χ0n) is 10.8. The highest BCUT2D eigenvalue weighted by Crippen LogP contribution is 2.30. The van der Waals surface area contributed by atoms with Crippen molar-refractivity contribution in [2.45, 2.75) is 52.1 Å². The average Bonchev–Trinajstić information content (AvgIpc) is 3.08. The first kappa shape index (κ1) is 12.8. The molecule has 1 N–H and O–H groups in total. The van der Waals surface area contributed by atoms with Crippen LogP contribution in [0.15, 0.2) is 0 Å². The number of hydrogen-bond donors (Lipinski definition) is 1. The lowest BCUT2D eigenvalue weighted by atomic mass is 10.3. The van der Waals surface area contributed by atoms with Crippen LogP contribution in [0.5, 0.6) is 0 Å². The summed E-state index contributed by atoms with van der Waals surface area (Å²) in [5, 5.41) is 8.75. The summed E-state index contributed by atoms with van der Waals surface area (Å²) in [4.78, 5) is 2.57. The Hall–Kier alpha value is -0.680. The minimum absolute atomic E-state index is 0.803. The van der Waals surface area contributed by atoms with E-state index in [1.54, 1.807) is 0 Å². The summed E-state index contributed by atoms with van der Waals surface area (Å²) in [6.07, 6.45) is 5.26. The van der Waals surface area contributed by atoms with Crippen LogP contribution in [-0.4, -0.2) is 33.6 Å². The fourth-order valence-corrected chi connectivity index (χ4v) is 2.63. The highest BCUT2D eigenvalue weighted by atomic mass is 32.1. The molecule has 1 heterocycles. The molecule has 17 heavy (non-hydrogen) atoms. The van der Waals surface area contributed by atoms with E-state index >= 15 is 0 Å². The Balaban J connectivity index is 1.93. The van der Waals surface area contributed by atoms with Crippen LogP contribution in [0.4, 0.5) is 5.00 Å². The lowest BCUT2D eigenvalue weighted by molar-refractivity contribution is 0.248. The van der Waals surface area contributed by atoms with E-state index in [0.717, 1.165) is 29.8 Å². The number of nitrogens with one attached hydrogen (secondary N) is 1. The van der Waals surface area contributed by atoms with Crippen LogP contribution < -0.4 is 5.32 Å². The molecule has 4 nitrogen and oxygen atoms in total. The van der Waals surface area contributed by atoms with Crippen molar-refractivity contribution in [3.63, 3.8) is 0 Å². The SMILES string of the molecule is CCCCN(Cc1nnsc1NCC)C1CC1. The van der Waals surface area contributed by atoms with Crippen molar-refractivity contribution < 1.29 is 0 Å². The van der Waals surface area contributed by atoms with E-state index in [0.29, 0.717) is 0 Å². The van der Waals surface area contributed by atoms with Gasteiger partial charge >= 0.3 is 0 Å². The quantitative estimate of drug-likeness (QED) is 0.774. The molecule has 0 aliphatic heterocycles. The van der Waals surface area contributed by atoms with E-state index in [9.17, 15) is 0 Å². The third-order valence-corrected chi connectivity index (χ3v) is 3.83. The maximum absolute atomic E-state index is 4.26. The minimum atomic E-state index is 0.803. The van der Waals surface area contributed by atoms with Gasteiger partial charge in [0.25, 0.3) is 0 Å². The van der Waals surface area contributed by atoms with E-state index < -0.39 is 0 Å². The maximum Gasteiger partial charge on any atom is 0.134 e. The van der Waals surface area contributed by atoms with Gasteiger partial charge in [-0.15, -0.1) is 5.10 Å². The normalized spacial score (nSPS) is 15.5. The standard InChI is InChI=1S/C12H22N4S/c1-3-5-8-16(10-6-7-10)9-11-12(13-4-2)17-15-14-11/h10,13H,3-9H2,1-2H3. The van der Waals surface area contributed by atoms with E-state index in [1.165, 1.54) is 43.8 Å². The summed E-state index contributed by atoms with van der Waals surface area (Å²) in [6.45, 7) is 7.46. The number of unbranched alkanes of at least 4 members (excludes halogenated alkanes) is 1. The Morgan fingerprint density at radius 2 is 2.24 bits per heavy atom. The highest BCUT2D eigenvalue weighted by Gasteiger charge is 2.29. The summed E-state index contributed by atoms with van der Waals surface area (Å²) >= 11 is 1.47. The van der Waals surface area contributed by atoms with E-state index in [4.69, 9.17) is 0 Å². The third-order valence-electron chi connectivity index (χ3n) is 3.11. The second-order valence-electron chi connectivity index (χ2n) is 4.63. The Bertz CT molecular complexity index is 335. The Morgan fingerprint density at radius 1 is 1.41 bits per heavy atom. The molecular formula is C12H22N4S. The van der Waals surface area contributed by atoms with Crippen molar-refractivity contribution in [2.24, 2.45) is 0 Å². The summed E-state index contributed by atoms with van der Waals surface area (Å²) in [5.41, 5.74) is 1.12. The highest BCUT2D eigenvalue weighted by molar-refractivity contribution is 7.10. The van der Waals surface area contributed by atoms with Gasteiger partial charge in [0, 0.05) is 30.7 Å². The van der Waals surface area contributed by atoms with Crippen molar-refractivity contribution in [2.75, 3.05) is 18.4 Å². The molecule has 0 spiro atoms. The Labute approximate surface area is 108 Å². The Morgan fingerprint density at radius 3 is 2.88 bits per heavy atom. The molecule has 1 aliphatic rings. The van der Waals surface area contributed by atoms with Crippen LogP contribution in [0.25, 0.3) is 0 Å². The van der Waals surface area contributed by atoms with Gasteiger partial charge in [0.1, 0.15) is 10.7 Å². The zero-order valence-corrected chi connectivity index (χ0v) is 11.6.